The average Bonchev–Trinajstić information content (AvgIpc) is 3.59. The minimum absolute atomic E-state index is 0.0342. The molecule has 1 aliphatic heterocycles. The Morgan fingerprint density at radius 1 is 1.13 bits per heavy atom. The van der Waals surface area contributed by atoms with Crippen LogP contribution in [0, 0.1) is 11.8 Å². The number of hydrogen-bond donors (Lipinski definition) is 2. The van der Waals surface area contributed by atoms with E-state index in [9.17, 15) is 23.1 Å². The zero-order chi connectivity index (χ0) is 32.6. The molecule has 45 heavy (non-hydrogen) atoms. The van der Waals surface area contributed by atoms with Crippen molar-refractivity contribution in [1.29, 1.82) is 0 Å². The smallest absolute Gasteiger partial charge is 0.258 e. The van der Waals surface area contributed by atoms with Gasteiger partial charge in [-0.05, 0) is 75.6 Å². The highest BCUT2D eigenvalue weighted by atomic mass is 32.2. The molecule has 2 aliphatic rings. The number of amides is 2. The monoisotopic (exact) mass is 663 g/mol. The Balaban J connectivity index is 1.63. The molecule has 0 bridgehead atoms. The van der Waals surface area contributed by atoms with Crippen LogP contribution < -0.4 is 10.1 Å². The first-order chi connectivity index (χ1) is 21.5. The lowest BCUT2D eigenvalue weighted by Crippen LogP contribution is -2.48. The third-order valence-corrected chi connectivity index (χ3v) is 12.1. The molecule has 1 aromatic carbocycles. The largest absolute Gasteiger partial charge is 0.490 e. The highest BCUT2D eigenvalue weighted by Crippen LogP contribution is 2.30. The number of carbonyl (C=O) groups is 2. The molecule has 10 nitrogen and oxygen atoms in total. The van der Waals surface area contributed by atoms with Gasteiger partial charge in [0.25, 0.3) is 15.9 Å². The maximum absolute atomic E-state index is 14.3. The number of rotatable bonds is 8. The van der Waals surface area contributed by atoms with Crippen LogP contribution in [-0.2, 0) is 19.6 Å². The molecular formula is C33H49N3O7S2. The summed E-state index contributed by atoms with van der Waals surface area (Å²) in [5.41, 5.74) is 0.837. The zero-order valence-corrected chi connectivity index (χ0v) is 28.6. The lowest BCUT2D eigenvalue weighted by Gasteiger charge is -2.35. The van der Waals surface area contributed by atoms with E-state index in [4.69, 9.17) is 9.47 Å². The van der Waals surface area contributed by atoms with Crippen LogP contribution in [0.25, 0.3) is 0 Å². The van der Waals surface area contributed by atoms with E-state index < -0.39 is 22.2 Å². The van der Waals surface area contributed by atoms with Crippen LogP contribution in [0.5, 0.6) is 5.75 Å². The fourth-order valence-electron chi connectivity index (χ4n) is 5.99. The summed E-state index contributed by atoms with van der Waals surface area (Å²) in [5, 5.41) is 14.9. The second kappa shape index (κ2) is 16.4. The van der Waals surface area contributed by atoms with Crippen molar-refractivity contribution in [3.8, 4) is 5.75 Å². The molecule has 0 spiro atoms. The molecule has 1 saturated carbocycles. The summed E-state index contributed by atoms with van der Waals surface area (Å²) in [5.74, 6) is -0.255. The number of nitrogens with one attached hydrogen (secondary N) is 1. The van der Waals surface area contributed by atoms with E-state index in [-0.39, 0.29) is 53.7 Å². The Labute approximate surface area is 272 Å². The zero-order valence-electron chi connectivity index (χ0n) is 26.9. The highest BCUT2D eigenvalue weighted by Gasteiger charge is 2.33. The Morgan fingerprint density at radius 2 is 1.87 bits per heavy atom. The normalized spacial score (nSPS) is 23.6. The van der Waals surface area contributed by atoms with Gasteiger partial charge in [-0.15, -0.1) is 11.3 Å². The van der Waals surface area contributed by atoms with Crippen LogP contribution in [0.2, 0.25) is 0 Å². The molecule has 2 aromatic rings. The van der Waals surface area contributed by atoms with Crippen molar-refractivity contribution in [2.75, 3.05) is 38.7 Å². The molecule has 1 aromatic heterocycles. The molecule has 0 unspecified atom stereocenters. The van der Waals surface area contributed by atoms with Gasteiger partial charge >= 0.3 is 0 Å². The van der Waals surface area contributed by atoms with Crippen molar-refractivity contribution >= 4 is 38.9 Å². The lowest BCUT2D eigenvalue weighted by molar-refractivity contribution is -0.120. The van der Waals surface area contributed by atoms with Gasteiger partial charge in [0.05, 0.1) is 30.4 Å². The number of aliphatic hydroxyl groups excluding tert-OH is 1. The molecule has 0 radical (unpaired) electrons. The van der Waals surface area contributed by atoms with Gasteiger partial charge in [0.1, 0.15) is 9.96 Å². The standard InChI is InChI=1S/C33H49N3O7S2/c1-23-20-36(24(2)22-37)33(39)28-19-27(34-32(38)26-12-6-5-7-13-26)15-16-29(28)43-25(3)11-8-9-17-42-30(23)21-35(4)45(40,41)31-14-10-18-44-31/h10,14-16,18-19,23-26,30,37H,5-9,11-13,17,20-22H2,1-4H3,(H,34,38)/t23-,24+,25+,30+/m0/s1. The third-order valence-electron chi connectivity index (χ3n) is 8.89. The van der Waals surface area contributed by atoms with Gasteiger partial charge in [-0.3, -0.25) is 9.59 Å². The van der Waals surface area contributed by atoms with Crippen LogP contribution in [0.3, 0.4) is 0 Å². The van der Waals surface area contributed by atoms with Gasteiger partial charge in [0.2, 0.25) is 5.91 Å². The summed E-state index contributed by atoms with van der Waals surface area (Å²) in [7, 11) is -2.15. The first-order valence-corrected chi connectivity index (χ1v) is 18.5. The quantitative estimate of drug-likeness (QED) is 0.388. The number of nitrogens with zero attached hydrogens (tertiary/aromatic N) is 2. The fraction of sp³-hybridized carbons (Fsp3) is 0.636. The van der Waals surface area contributed by atoms with Crippen molar-refractivity contribution in [2.24, 2.45) is 11.8 Å². The van der Waals surface area contributed by atoms with Crippen LogP contribution in [0.15, 0.2) is 39.9 Å². The molecule has 1 aliphatic carbocycles. The number of anilines is 1. The summed E-state index contributed by atoms with van der Waals surface area (Å²) in [6, 6.07) is 7.96. The Morgan fingerprint density at radius 3 is 2.56 bits per heavy atom. The lowest BCUT2D eigenvalue weighted by atomic mass is 9.88. The molecule has 2 heterocycles. The molecule has 12 heteroatoms. The molecule has 4 atom stereocenters. The predicted molar refractivity (Wildman–Crippen MR) is 176 cm³/mol. The number of ether oxygens (including phenoxy) is 2. The topological polar surface area (TPSA) is 125 Å². The van der Waals surface area contributed by atoms with Crippen molar-refractivity contribution in [1.82, 2.24) is 9.21 Å². The van der Waals surface area contributed by atoms with Gasteiger partial charge in [0, 0.05) is 44.3 Å². The number of thiophene rings is 1. The number of aliphatic hydroxyl groups is 1. The van der Waals surface area contributed by atoms with E-state index in [1.54, 1.807) is 54.6 Å². The molecule has 250 valence electrons. The minimum Gasteiger partial charge on any atom is -0.490 e. The van der Waals surface area contributed by atoms with E-state index in [1.807, 2.05) is 13.8 Å². The SMILES string of the molecule is C[C@@H]1CCCCO[C@H](CN(C)S(=O)(=O)c2cccs2)[C@@H](C)CN([C@H](C)CO)C(=O)c2cc(NC(=O)C3CCCCC3)ccc2O1. The van der Waals surface area contributed by atoms with Crippen molar-refractivity contribution < 1.29 is 32.6 Å². The van der Waals surface area contributed by atoms with Gasteiger partial charge in [-0.1, -0.05) is 32.3 Å². The van der Waals surface area contributed by atoms with Crippen molar-refractivity contribution in [3.05, 3.63) is 41.3 Å². The molecule has 0 saturated heterocycles. The Bertz CT molecular complexity index is 1360. The summed E-state index contributed by atoms with van der Waals surface area (Å²) >= 11 is 1.17. The first kappa shape index (κ1) is 35.3. The van der Waals surface area contributed by atoms with E-state index in [0.29, 0.717) is 23.6 Å². The summed E-state index contributed by atoms with van der Waals surface area (Å²) in [6.45, 7) is 6.18. The summed E-state index contributed by atoms with van der Waals surface area (Å²) in [6.07, 6.45) is 6.62. The number of fused-ring (bicyclic) bond motifs is 1. The maximum Gasteiger partial charge on any atom is 0.258 e. The number of sulfonamides is 1. The van der Waals surface area contributed by atoms with Gasteiger partial charge in [0.15, 0.2) is 0 Å². The van der Waals surface area contributed by atoms with Gasteiger partial charge in [-0.25, -0.2) is 8.42 Å². The Kier molecular flexibility index (Phi) is 12.8. The molecule has 2 N–H and O–H groups in total. The summed E-state index contributed by atoms with van der Waals surface area (Å²) < 4.78 is 40.6. The van der Waals surface area contributed by atoms with E-state index >= 15 is 0 Å². The third kappa shape index (κ3) is 9.28. The number of hydrogen-bond acceptors (Lipinski definition) is 8. The van der Waals surface area contributed by atoms with Crippen LogP contribution in [0.1, 0.15) is 82.5 Å². The number of carbonyl (C=O) groups excluding carboxylic acids is 2. The van der Waals surface area contributed by atoms with Crippen LogP contribution in [0.4, 0.5) is 5.69 Å². The van der Waals surface area contributed by atoms with E-state index in [1.165, 1.54) is 15.6 Å². The number of benzene rings is 1. The van der Waals surface area contributed by atoms with E-state index in [2.05, 4.69) is 5.32 Å². The van der Waals surface area contributed by atoms with Gasteiger partial charge in [-0.2, -0.15) is 4.31 Å². The number of likely N-dealkylation sites (N-methyl/N-ethyl adjacent to an activating group) is 1. The average molecular weight is 664 g/mol. The molecule has 4 rings (SSSR count). The van der Waals surface area contributed by atoms with Gasteiger partial charge < -0.3 is 24.8 Å². The van der Waals surface area contributed by atoms with Crippen molar-refractivity contribution in [2.45, 2.75) is 94.6 Å². The van der Waals surface area contributed by atoms with E-state index in [0.717, 1.165) is 51.4 Å². The highest BCUT2D eigenvalue weighted by molar-refractivity contribution is 7.91. The first-order valence-electron chi connectivity index (χ1n) is 16.2. The molecule has 1 fully saturated rings. The second-order valence-corrected chi connectivity index (χ2v) is 15.8. The van der Waals surface area contributed by atoms with Crippen molar-refractivity contribution in [3.63, 3.8) is 0 Å². The fourth-order valence-corrected chi connectivity index (χ4v) is 8.37. The summed E-state index contributed by atoms with van der Waals surface area (Å²) in [4.78, 5) is 29.0. The van der Waals surface area contributed by atoms with Crippen LogP contribution in [-0.4, -0.2) is 86.1 Å². The Hall–Kier alpha value is -2.51. The second-order valence-electron chi connectivity index (χ2n) is 12.6. The molecular weight excluding hydrogens is 615 g/mol. The predicted octanol–water partition coefficient (Wildman–Crippen LogP) is 5.38. The molecule has 2 amide bonds. The maximum atomic E-state index is 14.3. The van der Waals surface area contributed by atoms with Crippen LogP contribution >= 0.6 is 11.3 Å². The minimum atomic E-state index is -3.69.